The first kappa shape index (κ1) is 19.4. The number of alkyl halides is 2. The van der Waals surface area contributed by atoms with Crippen LogP contribution in [-0.4, -0.2) is 35.5 Å². The third-order valence-electron chi connectivity index (χ3n) is 3.98. The topological polar surface area (TPSA) is 56.2 Å². The van der Waals surface area contributed by atoms with Crippen molar-refractivity contribution in [3.05, 3.63) is 45.6 Å². The Morgan fingerprint density at radius 3 is 2.52 bits per heavy atom. The molecule has 1 aliphatic rings. The zero-order chi connectivity index (χ0) is 18.7. The van der Waals surface area contributed by atoms with Crippen molar-refractivity contribution in [1.82, 2.24) is 10.2 Å². The molecule has 0 saturated carbocycles. The van der Waals surface area contributed by atoms with Crippen molar-refractivity contribution in [3.8, 4) is 0 Å². The lowest BCUT2D eigenvalue weighted by molar-refractivity contribution is -0.129. The van der Waals surface area contributed by atoms with Crippen LogP contribution in [0.25, 0.3) is 0 Å². The van der Waals surface area contributed by atoms with E-state index < -0.39 is 35.7 Å². The fourth-order valence-electron chi connectivity index (χ4n) is 2.45. The molecule has 1 aliphatic heterocycles. The first-order valence-electron chi connectivity index (χ1n) is 7.47. The van der Waals surface area contributed by atoms with Crippen LogP contribution in [0.3, 0.4) is 0 Å². The normalized spacial score (nSPS) is 18.6. The van der Waals surface area contributed by atoms with Crippen LogP contribution < -0.4 is 5.32 Å². The molecule has 0 aliphatic carbocycles. The summed E-state index contributed by atoms with van der Waals surface area (Å²) in [5.41, 5.74) is -0.326. The van der Waals surface area contributed by atoms with Gasteiger partial charge in [-0.25, -0.2) is 17.6 Å². The van der Waals surface area contributed by atoms with Gasteiger partial charge >= 0.3 is 0 Å². The summed E-state index contributed by atoms with van der Waals surface area (Å²) in [5.74, 6) is -2.24. The van der Waals surface area contributed by atoms with E-state index in [4.69, 9.17) is 5.41 Å². The smallest absolute Gasteiger partial charge is 0.272 e. The molecule has 25 heavy (non-hydrogen) atoms. The average Bonchev–Trinajstić information content (AvgIpc) is 2.56. The monoisotopic (exact) mass is 421 g/mol. The number of carbonyl (C=O) groups is 1. The Labute approximate surface area is 150 Å². The highest BCUT2D eigenvalue weighted by molar-refractivity contribution is 9.11. The molecule has 1 aromatic rings. The predicted molar refractivity (Wildman–Crippen MR) is 88.7 cm³/mol. The lowest BCUT2D eigenvalue weighted by Gasteiger charge is -2.33. The Morgan fingerprint density at radius 2 is 1.96 bits per heavy atom. The molecule has 1 fully saturated rings. The second-order valence-electron chi connectivity index (χ2n) is 5.54. The van der Waals surface area contributed by atoms with Crippen molar-refractivity contribution in [2.75, 3.05) is 6.54 Å². The fraction of sp³-hybridized carbons (Fsp3) is 0.375. The Morgan fingerprint density at radius 1 is 1.36 bits per heavy atom. The number of carbonyl (C=O) groups excluding carboxylic acids is 1. The first-order chi connectivity index (χ1) is 11.7. The van der Waals surface area contributed by atoms with Crippen LogP contribution in [0.4, 0.5) is 17.6 Å². The zero-order valence-corrected chi connectivity index (χ0v) is 14.8. The van der Waals surface area contributed by atoms with E-state index in [1.807, 2.05) is 0 Å². The molecule has 2 rings (SSSR count). The van der Waals surface area contributed by atoms with Gasteiger partial charge in [0.1, 0.15) is 17.3 Å². The summed E-state index contributed by atoms with van der Waals surface area (Å²) < 4.78 is 53.0. The van der Waals surface area contributed by atoms with Gasteiger partial charge in [0, 0.05) is 24.2 Å². The predicted octanol–water partition coefficient (Wildman–Crippen LogP) is 3.57. The van der Waals surface area contributed by atoms with E-state index >= 15 is 0 Å². The van der Waals surface area contributed by atoms with Gasteiger partial charge in [-0.1, -0.05) is 6.07 Å². The third kappa shape index (κ3) is 4.20. The van der Waals surface area contributed by atoms with Crippen molar-refractivity contribution in [2.24, 2.45) is 0 Å². The molecule has 1 heterocycles. The summed E-state index contributed by atoms with van der Waals surface area (Å²) in [6.45, 7) is 1.06. The highest BCUT2D eigenvalue weighted by Crippen LogP contribution is 2.24. The molecule has 0 bridgehead atoms. The van der Waals surface area contributed by atoms with E-state index in [1.165, 1.54) is 13.0 Å². The van der Waals surface area contributed by atoms with Crippen LogP contribution in [0.1, 0.15) is 18.9 Å². The average molecular weight is 422 g/mol. The van der Waals surface area contributed by atoms with Gasteiger partial charge in [-0.2, -0.15) is 0 Å². The first-order valence-corrected chi connectivity index (χ1v) is 8.26. The van der Waals surface area contributed by atoms with Crippen molar-refractivity contribution >= 4 is 27.5 Å². The second-order valence-corrected chi connectivity index (χ2v) is 6.34. The Hall–Kier alpha value is -1.90. The summed E-state index contributed by atoms with van der Waals surface area (Å²) in [7, 11) is 0. The Balaban J connectivity index is 2.12. The van der Waals surface area contributed by atoms with E-state index in [-0.39, 0.29) is 35.3 Å². The summed E-state index contributed by atoms with van der Waals surface area (Å²) in [6.07, 6.45) is -2.53. The van der Waals surface area contributed by atoms with Crippen molar-refractivity contribution in [1.29, 1.82) is 5.41 Å². The molecule has 0 aromatic heterocycles. The van der Waals surface area contributed by atoms with Crippen LogP contribution in [0.15, 0.2) is 28.4 Å². The van der Waals surface area contributed by atoms with Gasteiger partial charge in [-0.15, -0.1) is 0 Å². The van der Waals surface area contributed by atoms with Crippen molar-refractivity contribution < 1.29 is 22.4 Å². The lowest BCUT2D eigenvalue weighted by atomic mass is 10.0. The maximum absolute atomic E-state index is 13.6. The molecular formula is C16H16BrF4N3O. The number of likely N-dealkylation sites (tertiary alicyclic amines) is 1. The largest absolute Gasteiger partial charge is 0.375 e. The van der Waals surface area contributed by atoms with Crippen molar-refractivity contribution in [3.63, 3.8) is 0 Å². The highest BCUT2D eigenvalue weighted by atomic mass is 79.9. The van der Waals surface area contributed by atoms with Crippen LogP contribution in [0, 0.1) is 17.0 Å². The van der Waals surface area contributed by atoms with Gasteiger partial charge < -0.3 is 10.2 Å². The molecule has 4 nitrogen and oxygen atoms in total. The van der Waals surface area contributed by atoms with Crippen LogP contribution in [0.2, 0.25) is 0 Å². The summed E-state index contributed by atoms with van der Waals surface area (Å²) >= 11 is 3.16. The molecule has 0 unspecified atom stereocenters. The van der Waals surface area contributed by atoms with E-state index in [0.29, 0.717) is 0 Å². The minimum absolute atomic E-state index is 0.0346. The number of rotatable bonds is 5. The molecule has 0 spiro atoms. The number of hydrogen-bond donors (Lipinski definition) is 2. The molecule has 1 saturated heterocycles. The van der Waals surface area contributed by atoms with E-state index in [9.17, 15) is 22.4 Å². The number of hydrogen-bond acceptors (Lipinski definition) is 3. The van der Waals surface area contributed by atoms with E-state index in [2.05, 4.69) is 21.2 Å². The number of nitrogens with zero attached hydrogens (tertiary/aromatic N) is 1. The van der Waals surface area contributed by atoms with Gasteiger partial charge in [0.2, 0.25) is 0 Å². The summed E-state index contributed by atoms with van der Waals surface area (Å²) in [5, 5.41) is 10.6. The van der Waals surface area contributed by atoms with Gasteiger partial charge in [0.05, 0.1) is 10.6 Å². The summed E-state index contributed by atoms with van der Waals surface area (Å²) in [4.78, 5) is 13.1. The minimum atomic E-state index is -2.70. The van der Waals surface area contributed by atoms with E-state index in [0.717, 1.165) is 17.0 Å². The number of nitrogens with one attached hydrogen (secondary N) is 2. The van der Waals surface area contributed by atoms with Crippen LogP contribution in [0.5, 0.6) is 0 Å². The third-order valence-corrected chi connectivity index (χ3v) is 4.74. The number of piperidine rings is 1. The maximum atomic E-state index is 13.6. The molecule has 1 aromatic carbocycles. The number of amides is 1. The van der Waals surface area contributed by atoms with Crippen LogP contribution >= 0.6 is 15.9 Å². The molecule has 2 N–H and O–H groups in total. The molecule has 1 amide bonds. The van der Waals surface area contributed by atoms with Gasteiger partial charge in [0.15, 0.2) is 0 Å². The van der Waals surface area contributed by atoms with Crippen molar-refractivity contribution in [2.45, 2.75) is 32.4 Å². The molecular weight excluding hydrogens is 406 g/mol. The zero-order valence-electron chi connectivity index (χ0n) is 13.3. The number of halogens is 5. The number of benzene rings is 1. The second kappa shape index (κ2) is 7.99. The molecule has 1 atom stereocenters. The lowest BCUT2D eigenvalue weighted by Crippen LogP contribution is -2.50. The standard InChI is InChI=1S/C16H16BrF4N3O/c1-8(15(20)21)24-6-5-9(13(22)16(24)25)14(17)23-7-10-11(18)3-2-4-12(10)19/h2-4,8,15,22-23H,5-7H2,1H3/b14-9-,22-13?/t8-/m1/s1. The summed E-state index contributed by atoms with van der Waals surface area (Å²) in [6, 6.07) is 2.21. The van der Waals surface area contributed by atoms with Gasteiger partial charge in [-0.05, 0) is 41.4 Å². The molecule has 0 radical (unpaired) electrons. The van der Waals surface area contributed by atoms with Gasteiger partial charge in [-0.3, -0.25) is 10.2 Å². The molecule has 9 heteroatoms. The minimum Gasteiger partial charge on any atom is -0.375 e. The van der Waals surface area contributed by atoms with E-state index in [1.54, 1.807) is 0 Å². The van der Waals surface area contributed by atoms with Gasteiger partial charge in [0.25, 0.3) is 12.3 Å². The quantitative estimate of drug-likeness (QED) is 0.563. The Kier molecular flexibility index (Phi) is 6.21. The molecule has 136 valence electrons. The van der Waals surface area contributed by atoms with Crippen LogP contribution in [-0.2, 0) is 11.3 Å². The fourth-order valence-corrected chi connectivity index (χ4v) is 2.99. The highest BCUT2D eigenvalue weighted by Gasteiger charge is 2.35. The Bertz CT molecular complexity index is 703. The SMILES string of the molecule is C[C@H](C(F)F)N1CC/C(=C(\Br)NCc2c(F)cccc2F)C(=N)C1=O. The maximum Gasteiger partial charge on any atom is 0.272 e.